The first-order chi connectivity index (χ1) is 5.75. The third kappa shape index (κ3) is 2.01. The summed E-state index contributed by atoms with van der Waals surface area (Å²) in [6.07, 6.45) is -0.765. The van der Waals surface area contributed by atoms with Crippen molar-refractivity contribution >= 4 is 0 Å². The summed E-state index contributed by atoms with van der Waals surface area (Å²) in [6.45, 7) is -0.474. The van der Waals surface area contributed by atoms with Gasteiger partial charge in [-0.3, -0.25) is 4.98 Å². The van der Waals surface area contributed by atoms with Gasteiger partial charge in [-0.15, -0.1) is 0 Å². The Hall–Kier alpha value is -0.970. The Bertz CT molecular complexity index is 227. The predicted octanol–water partition coefficient (Wildman–Crippen LogP) is -0.532. The molecule has 2 atom stereocenters. The fraction of sp³-hybridized carbons (Fsp3) is 0.375. The van der Waals surface area contributed by atoms with E-state index in [1.165, 1.54) is 6.20 Å². The van der Waals surface area contributed by atoms with Crippen molar-refractivity contribution in [3.63, 3.8) is 0 Å². The number of aliphatic hydroxyl groups excluding tert-OH is 3. The summed E-state index contributed by atoms with van der Waals surface area (Å²) in [7, 11) is 0. The molecular formula is C8H11NO3. The van der Waals surface area contributed by atoms with Crippen LogP contribution in [0.3, 0.4) is 0 Å². The van der Waals surface area contributed by atoms with Crippen LogP contribution in [0.4, 0.5) is 0 Å². The van der Waals surface area contributed by atoms with E-state index in [0.29, 0.717) is 5.69 Å². The van der Waals surface area contributed by atoms with Crippen molar-refractivity contribution in [1.82, 2.24) is 4.98 Å². The predicted molar refractivity (Wildman–Crippen MR) is 42.3 cm³/mol. The van der Waals surface area contributed by atoms with Crippen molar-refractivity contribution in [2.24, 2.45) is 0 Å². The van der Waals surface area contributed by atoms with Crippen molar-refractivity contribution in [2.45, 2.75) is 12.2 Å². The molecule has 2 unspecified atom stereocenters. The maximum absolute atomic E-state index is 9.32. The minimum Gasteiger partial charge on any atom is -0.394 e. The van der Waals surface area contributed by atoms with Crippen molar-refractivity contribution in [3.05, 3.63) is 30.1 Å². The molecule has 1 rings (SSSR count). The third-order valence-electron chi connectivity index (χ3n) is 1.54. The monoisotopic (exact) mass is 169 g/mol. The Labute approximate surface area is 70.1 Å². The molecule has 0 aliphatic rings. The number of aliphatic hydroxyl groups is 3. The Morgan fingerprint density at radius 1 is 1.33 bits per heavy atom. The van der Waals surface area contributed by atoms with Gasteiger partial charge in [0.15, 0.2) is 0 Å². The van der Waals surface area contributed by atoms with Gasteiger partial charge in [0, 0.05) is 6.20 Å². The van der Waals surface area contributed by atoms with Crippen molar-refractivity contribution < 1.29 is 15.3 Å². The lowest BCUT2D eigenvalue weighted by molar-refractivity contribution is -0.0172. The van der Waals surface area contributed by atoms with Crippen LogP contribution < -0.4 is 0 Å². The standard InChI is InChI=1S/C8H11NO3/c10-5-7(11)8(12)6-3-1-2-4-9-6/h1-4,7-8,10-12H,5H2. The van der Waals surface area contributed by atoms with Crippen LogP contribution >= 0.6 is 0 Å². The molecule has 4 heteroatoms. The van der Waals surface area contributed by atoms with Gasteiger partial charge in [0.25, 0.3) is 0 Å². The van der Waals surface area contributed by atoms with Gasteiger partial charge >= 0.3 is 0 Å². The smallest absolute Gasteiger partial charge is 0.124 e. The van der Waals surface area contributed by atoms with E-state index < -0.39 is 18.8 Å². The molecule has 0 aliphatic carbocycles. The molecule has 1 heterocycles. The van der Waals surface area contributed by atoms with Crippen LogP contribution in [0.1, 0.15) is 11.8 Å². The molecule has 0 radical (unpaired) electrons. The zero-order chi connectivity index (χ0) is 8.97. The van der Waals surface area contributed by atoms with Gasteiger partial charge in [-0.05, 0) is 12.1 Å². The van der Waals surface area contributed by atoms with Gasteiger partial charge in [-0.2, -0.15) is 0 Å². The molecule has 3 N–H and O–H groups in total. The second-order valence-corrected chi connectivity index (χ2v) is 2.45. The van der Waals surface area contributed by atoms with E-state index in [1.54, 1.807) is 18.2 Å². The Kier molecular flexibility index (Phi) is 3.16. The molecule has 0 saturated carbocycles. The van der Waals surface area contributed by atoms with E-state index in [0.717, 1.165) is 0 Å². The van der Waals surface area contributed by atoms with Crippen LogP contribution in [0.25, 0.3) is 0 Å². The third-order valence-corrected chi connectivity index (χ3v) is 1.54. The van der Waals surface area contributed by atoms with Gasteiger partial charge < -0.3 is 15.3 Å². The molecule has 0 bridgehead atoms. The molecule has 0 aliphatic heterocycles. The zero-order valence-electron chi connectivity index (χ0n) is 6.46. The van der Waals surface area contributed by atoms with E-state index in [-0.39, 0.29) is 0 Å². The minimum absolute atomic E-state index is 0.360. The summed E-state index contributed by atoms with van der Waals surface area (Å²) in [5, 5.41) is 26.9. The second kappa shape index (κ2) is 4.15. The summed E-state index contributed by atoms with van der Waals surface area (Å²) >= 11 is 0. The van der Waals surface area contributed by atoms with Crippen LogP contribution in [0.15, 0.2) is 24.4 Å². The van der Waals surface area contributed by atoms with Crippen LogP contribution in [0, 0.1) is 0 Å². The van der Waals surface area contributed by atoms with Crippen molar-refractivity contribution in [3.8, 4) is 0 Å². The van der Waals surface area contributed by atoms with E-state index in [2.05, 4.69) is 4.98 Å². The van der Waals surface area contributed by atoms with Crippen LogP contribution in [0.2, 0.25) is 0 Å². The molecular weight excluding hydrogens is 158 g/mol. The lowest BCUT2D eigenvalue weighted by atomic mass is 10.1. The first kappa shape index (κ1) is 9.12. The summed E-state index contributed by atoms with van der Waals surface area (Å²) in [5.74, 6) is 0. The van der Waals surface area contributed by atoms with Crippen molar-refractivity contribution in [1.29, 1.82) is 0 Å². The molecule has 12 heavy (non-hydrogen) atoms. The lowest BCUT2D eigenvalue weighted by Gasteiger charge is -2.14. The number of hydrogen-bond acceptors (Lipinski definition) is 4. The van der Waals surface area contributed by atoms with E-state index in [1.807, 2.05) is 0 Å². The zero-order valence-corrected chi connectivity index (χ0v) is 6.46. The summed E-state index contributed by atoms with van der Waals surface area (Å²) in [6, 6.07) is 5.00. The maximum Gasteiger partial charge on any atom is 0.124 e. The van der Waals surface area contributed by atoms with Gasteiger partial charge in [0.05, 0.1) is 12.3 Å². The highest BCUT2D eigenvalue weighted by Crippen LogP contribution is 2.12. The van der Waals surface area contributed by atoms with Crippen molar-refractivity contribution in [2.75, 3.05) is 6.61 Å². The normalized spacial score (nSPS) is 15.6. The maximum atomic E-state index is 9.32. The Balaban J connectivity index is 2.71. The van der Waals surface area contributed by atoms with Crippen LogP contribution in [-0.2, 0) is 0 Å². The quantitative estimate of drug-likeness (QED) is 0.568. The molecule has 1 aromatic rings. The van der Waals surface area contributed by atoms with E-state index >= 15 is 0 Å². The fourth-order valence-corrected chi connectivity index (χ4v) is 0.848. The van der Waals surface area contributed by atoms with E-state index in [9.17, 15) is 5.11 Å². The molecule has 1 aromatic heterocycles. The molecule has 0 amide bonds. The molecule has 4 nitrogen and oxygen atoms in total. The molecule has 0 spiro atoms. The number of aromatic nitrogens is 1. The molecule has 0 aromatic carbocycles. The summed E-state index contributed by atoms with van der Waals surface area (Å²) < 4.78 is 0. The lowest BCUT2D eigenvalue weighted by Crippen LogP contribution is -2.22. The highest BCUT2D eigenvalue weighted by atomic mass is 16.4. The van der Waals surface area contributed by atoms with Gasteiger partial charge in [-0.1, -0.05) is 6.07 Å². The first-order valence-corrected chi connectivity index (χ1v) is 3.63. The fourth-order valence-electron chi connectivity index (χ4n) is 0.848. The number of pyridine rings is 1. The van der Waals surface area contributed by atoms with Gasteiger partial charge in [0.1, 0.15) is 12.2 Å². The first-order valence-electron chi connectivity index (χ1n) is 3.63. The Morgan fingerprint density at radius 2 is 2.08 bits per heavy atom. The summed E-state index contributed by atoms with van der Waals surface area (Å²) in [4.78, 5) is 3.83. The molecule has 0 fully saturated rings. The SMILES string of the molecule is OCC(O)C(O)c1ccccn1. The number of rotatable bonds is 3. The highest BCUT2D eigenvalue weighted by molar-refractivity contribution is 5.07. The topological polar surface area (TPSA) is 73.6 Å². The molecule has 0 saturated heterocycles. The average Bonchev–Trinajstić information content (AvgIpc) is 2.17. The Morgan fingerprint density at radius 3 is 2.58 bits per heavy atom. The highest BCUT2D eigenvalue weighted by Gasteiger charge is 2.17. The molecule has 66 valence electrons. The number of hydrogen-bond donors (Lipinski definition) is 3. The minimum atomic E-state index is -1.17. The van der Waals surface area contributed by atoms with E-state index in [4.69, 9.17) is 10.2 Å². The summed E-state index contributed by atoms with van der Waals surface area (Å²) in [5.41, 5.74) is 0.360. The van der Waals surface area contributed by atoms with Crippen LogP contribution in [-0.4, -0.2) is 33.0 Å². The van der Waals surface area contributed by atoms with Crippen LogP contribution in [0.5, 0.6) is 0 Å². The largest absolute Gasteiger partial charge is 0.394 e. The average molecular weight is 169 g/mol. The number of nitrogens with zero attached hydrogens (tertiary/aromatic N) is 1. The van der Waals surface area contributed by atoms with Gasteiger partial charge in [0.2, 0.25) is 0 Å². The van der Waals surface area contributed by atoms with Gasteiger partial charge in [-0.25, -0.2) is 0 Å². The second-order valence-electron chi connectivity index (χ2n) is 2.45.